The van der Waals surface area contributed by atoms with Gasteiger partial charge in [-0.2, -0.15) is 18.3 Å². The lowest BCUT2D eigenvalue weighted by molar-refractivity contribution is -0.141. The Morgan fingerprint density at radius 3 is 2.71 bits per heavy atom. The fraction of sp³-hybridized carbons (Fsp3) is 0.316. The van der Waals surface area contributed by atoms with Gasteiger partial charge in [0.05, 0.1) is 18.8 Å². The zero-order valence-corrected chi connectivity index (χ0v) is 15.4. The molecule has 0 amide bonds. The molecule has 0 saturated heterocycles. The highest BCUT2D eigenvalue weighted by Crippen LogP contribution is 2.29. The molecule has 1 aromatic carbocycles. The fourth-order valence-electron chi connectivity index (χ4n) is 2.69. The Morgan fingerprint density at radius 1 is 1.21 bits per heavy atom. The minimum Gasteiger partial charge on any atom is -0.391 e. The van der Waals surface area contributed by atoms with E-state index in [0.717, 1.165) is 29.0 Å². The van der Waals surface area contributed by atoms with E-state index in [-0.39, 0.29) is 5.95 Å². The standard InChI is InChI=1S/C19H20F3N5O/c1-3-16(28)11-27-10-14(9-24-27)13-6-12(2)7-15(8-13)25-18-23-5-4-17(26-18)19(20,21)22/h4-10,16,28H,3,11H2,1-2H3,(H,23,25,26). The number of rotatable bonds is 6. The Morgan fingerprint density at radius 2 is 2.00 bits per heavy atom. The first kappa shape index (κ1) is 19.8. The summed E-state index contributed by atoms with van der Waals surface area (Å²) in [6.45, 7) is 4.17. The van der Waals surface area contributed by atoms with Gasteiger partial charge in [0.1, 0.15) is 5.69 Å². The van der Waals surface area contributed by atoms with Gasteiger partial charge in [-0.1, -0.05) is 13.0 Å². The average molecular weight is 391 g/mol. The molecule has 3 aromatic rings. The van der Waals surface area contributed by atoms with Gasteiger partial charge in [0.25, 0.3) is 0 Å². The molecular formula is C19H20F3N5O. The summed E-state index contributed by atoms with van der Waals surface area (Å²) in [6.07, 6.45) is 0.192. The van der Waals surface area contributed by atoms with Gasteiger partial charge in [-0.25, -0.2) is 9.97 Å². The highest BCUT2D eigenvalue weighted by molar-refractivity contribution is 5.70. The van der Waals surface area contributed by atoms with E-state index in [1.165, 1.54) is 0 Å². The second kappa shape index (κ2) is 7.97. The van der Waals surface area contributed by atoms with Crippen LogP contribution >= 0.6 is 0 Å². The first-order chi connectivity index (χ1) is 13.2. The number of benzene rings is 1. The van der Waals surface area contributed by atoms with Crippen LogP contribution in [0.4, 0.5) is 24.8 Å². The number of nitrogens with zero attached hydrogens (tertiary/aromatic N) is 4. The third kappa shape index (κ3) is 4.86. The number of aryl methyl sites for hydroxylation is 1. The molecule has 2 aromatic heterocycles. The van der Waals surface area contributed by atoms with Crippen LogP contribution < -0.4 is 5.32 Å². The molecule has 1 unspecified atom stereocenters. The van der Waals surface area contributed by atoms with E-state index in [2.05, 4.69) is 20.4 Å². The number of aliphatic hydroxyl groups excluding tert-OH is 1. The van der Waals surface area contributed by atoms with Crippen molar-refractivity contribution >= 4 is 11.6 Å². The SMILES string of the molecule is CCC(O)Cn1cc(-c2cc(C)cc(Nc3nccc(C(F)(F)F)n3)c2)cn1. The molecule has 0 saturated carbocycles. The number of hydrogen-bond acceptors (Lipinski definition) is 5. The van der Waals surface area contributed by atoms with Gasteiger partial charge < -0.3 is 10.4 Å². The first-order valence-corrected chi connectivity index (χ1v) is 8.74. The van der Waals surface area contributed by atoms with Crippen molar-refractivity contribution in [1.82, 2.24) is 19.7 Å². The highest BCUT2D eigenvalue weighted by atomic mass is 19.4. The van der Waals surface area contributed by atoms with E-state index in [0.29, 0.717) is 18.7 Å². The Bertz CT molecular complexity index is 955. The maximum Gasteiger partial charge on any atom is 0.433 e. The zero-order chi connectivity index (χ0) is 20.3. The van der Waals surface area contributed by atoms with Crippen LogP contribution in [0.3, 0.4) is 0 Å². The maximum atomic E-state index is 12.8. The van der Waals surface area contributed by atoms with E-state index in [1.54, 1.807) is 23.0 Å². The topological polar surface area (TPSA) is 75.9 Å². The van der Waals surface area contributed by atoms with E-state index in [9.17, 15) is 18.3 Å². The van der Waals surface area contributed by atoms with Crippen molar-refractivity contribution in [3.63, 3.8) is 0 Å². The summed E-state index contributed by atoms with van der Waals surface area (Å²) in [4.78, 5) is 7.39. The average Bonchev–Trinajstić information content (AvgIpc) is 3.09. The van der Waals surface area contributed by atoms with E-state index < -0.39 is 18.0 Å². The molecule has 6 nitrogen and oxygen atoms in total. The summed E-state index contributed by atoms with van der Waals surface area (Å²) in [5.74, 6) is -0.131. The first-order valence-electron chi connectivity index (χ1n) is 8.74. The molecule has 0 bridgehead atoms. The number of anilines is 2. The Hall–Kier alpha value is -2.94. The van der Waals surface area contributed by atoms with Gasteiger partial charge in [-0.3, -0.25) is 4.68 Å². The molecule has 3 rings (SSSR count). The van der Waals surface area contributed by atoms with Crippen LogP contribution in [0.5, 0.6) is 0 Å². The minimum absolute atomic E-state index is 0.131. The Labute approximate surface area is 160 Å². The van der Waals surface area contributed by atoms with Gasteiger partial charge in [0, 0.05) is 23.6 Å². The van der Waals surface area contributed by atoms with Gasteiger partial charge in [0.2, 0.25) is 5.95 Å². The summed E-state index contributed by atoms with van der Waals surface area (Å²) < 4.78 is 40.1. The summed E-state index contributed by atoms with van der Waals surface area (Å²) in [5.41, 5.74) is 2.14. The van der Waals surface area contributed by atoms with Crippen LogP contribution in [0.25, 0.3) is 11.1 Å². The van der Waals surface area contributed by atoms with Crippen molar-refractivity contribution in [2.75, 3.05) is 5.32 Å². The van der Waals surface area contributed by atoms with Gasteiger partial charge >= 0.3 is 6.18 Å². The van der Waals surface area contributed by atoms with Crippen molar-refractivity contribution in [1.29, 1.82) is 0 Å². The monoisotopic (exact) mass is 391 g/mol. The van der Waals surface area contributed by atoms with Gasteiger partial charge in [-0.05, 0) is 42.7 Å². The predicted molar refractivity (Wildman–Crippen MR) is 99.0 cm³/mol. The maximum absolute atomic E-state index is 12.8. The number of aliphatic hydroxyl groups is 1. The lowest BCUT2D eigenvalue weighted by atomic mass is 10.1. The predicted octanol–water partition coefficient (Wildman–Crippen LogP) is 4.18. The van der Waals surface area contributed by atoms with E-state index in [1.807, 2.05) is 26.1 Å². The van der Waals surface area contributed by atoms with Crippen LogP contribution in [0.2, 0.25) is 0 Å². The molecule has 2 N–H and O–H groups in total. The lowest BCUT2D eigenvalue weighted by Crippen LogP contribution is -2.14. The molecule has 0 radical (unpaired) electrons. The fourth-order valence-corrected chi connectivity index (χ4v) is 2.69. The van der Waals surface area contributed by atoms with Crippen molar-refractivity contribution in [2.45, 2.75) is 39.1 Å². The zero-order valence-electron chi connectivity index (χ0n) is 15.4. The van der Waals surface area contributed by atoms with E-state index in [4.69, 9.17) is 0 Å². The third-order valence-electron chi connectivity index (χ3n) is 4.12. The molecule has 0 aliphatic heterocycles. The van der Waals surface area contributed by atoms with Crippen LogP contribution in [-0.2, 0) is 12.7 Å². The lowest BCUT2D eigenvalue weighted by Gasteiger charge is -2.10. The molecule has 9 heteroatoms. The summed E-state index contributed by atoms with van der Waals surface area (Å²) in [6, 6.07) is 6.34. The van der Waals surface area contributed by atoms with Crippen LogP contribution in [0.15, 0.2) is 42.9 Å². The third-order valence-corrected chi connectivity index (χ3v) is 4.12. The molecule has 0 aliphatic carbocycles. The highest BCUT2D eigenvalue weighted by Gasteiger charge is 2.32. The Kier molecular flexibility index (Phi) is 5.64. The summed E-state index contributed by atoms with van der Waals surface area (Å²) in [5, 5.41) is 16.8. The van der Waals surface area contributed by atoms with Gasteiger partial charge in [-0.15, -0.1) is 0 Å². The number of alkyl halides is 3. The number of aromatic nitrogens is 4. The molecule has 148 valence electrons. The quantitative estimate of drug-likeness (QED) is 0.659. The summed E-state index contributed by atoms with van der Waals surface area (Å²) >= 11 is 0. The van der Waals surface area contributed by atoms with E-state index >= 15 is 0 Å². The van der Waals surface area contributed by atoms with Gasteiger partial charge in [0.15, 0.2) is 0 Å². The summed E-state index contributed by atoms with van der Waals surface area (Å²) in [7, 11) is 0. The molecule has 0 fully saturated rings. The molecule has 1 atom stereocenters. The van der Waals surface area contributed by atoms with Crippen molar-refractivity contribution < 1.29 is 18.3 Å². The molecule has 2 heterocycles. The Balaban J connectivity index is 1.84. The number of halogens is 3. The van der Waals surface area contributed by atoms with Crippen LogP contribution in [0, 0.1) is 6.92 Å². The second-order valence-corrected chi connectivity index (χ2v) is 6.49. The largest absolute Gasteiger partial charge is 0.433 e. The minimum atomic E-state index is -4.53. The number of nitrogens with one attached hydrogen (secondary N) is 1. The molecule has 0 aliphatic rings. The van der Waals surface area contributed by atoms with Crippen molar-refractivity contribution in [3.8, 4) is 11.1 Å². The molecule has 0 spiro atoms. The van der Waals surface area contributed by atoms with Crippen LogP contribution in [0.1, 0.15) is 24.6 Å². The number of hydrogen-bond donors (Lipinski definition) is 2. The molecule has 28 heavy (non-hydrogen) atoms. The smallest absolute Gasteiger partial charge is 0.391 e. The van der Waals surface area contributed by atoms with Crippen molar-refractivity contribution in [3.05, 3.63) is 54.1 Å². The van der Waals surface area contributed by atoms with Crippen LogP contribution in [-0.4, -0.2) is 31.0 Å². The second-order valence-electron chi connectivity index (χ2n) is 6.49. The normalized spacial score (nSPS) is 12.8. The molecular weight excluding hydrogens is 371 g/mol. The van der Waals surface area contributed by atoms with Crippen molar-refractivity contribution in [2.24, 2.45) is 0 Å².